The van der Waals surface area contributed by atoms with Gasteiger partial charge < -0.3 is 15.2 Å². The van der Waals surface area contributed by atoms with Gasteiger partial charge in [0.05, 0.1) is 6.54 Å². The Kier molecular flexibility index (Phi) is 3.36. The van der Waals surface area contributed by atoms with Crippen LogP contribution in [0.2, 0.25) is 0 Å². The van der Waals surface area contributed by atoms with Gasteiger partial charge in [0.25, 0.3) is 5.91 Å². The molecule has 2 amide bonds. The number of aromatic nitrogens is 1. The van der Waals surface area contributed by atoms with Crippen molar-refractivity contribution in [3.05, 3.63) is 35.0 Å². The minimum Gasteiger partial charge on any atom is -0.358 e. The van der Waals surface area contributed by atoms with Crippen molar-refractivity contribution in [1.82, 2.24) is 15.2 Å². The number of hydrogen-bond donors (Lipinski definition) is 2. The Morgan fingerprint density at radius 2 is 2.22 bits per heavy atom. The number of nitrogens with one attached hydrogen (secondary N) is 2. The number of piperazine rings is 1. The van der Waals surface area contributed by atoms with Crippen LogP contribution in [-0.4, -0.2) is 41.3 Å². The van der Waals surface area contributed by atoms with Gasteiger partial charge in [-0.3, -0.25) is 9.59 Å². The van der Waals surface area contributed by atoms with Crippen LogP contribution >= 0.6 is 0 Å². The topological polar surface area (TPSA) is 65.2 Å². The predicted molar refractivity (Wildman–Crippen MR) is 88.4 cm³/mol. The first-order valence-electron chi connectivity index (χ1n) is 8.31. The van der Waals surface area contributed by atoms with Gasteiger partial charge in [-0.15, -0.1) is 0 Å². The summed E-state index contributed by atoms with van der Waals surface area (Å²) >= 11 is 0. The van der Waals surface area contributed by atoms with Crippen LogP contribution in [0.15, 0.2) is 18.2 Å². The van der Waals surface area contributed by atoms with Crippen molar-refractivity contribution >= 4 is 22.7 Å². The van der Waals surface area contributed by atoms with Crippen LogP contribution in [-0.2, 0) is 17.6 Å². The average molecular weight is 311 g/mol. The second-order valence-electron chi connectivity index (χ2n) is 6.77. The number of rotatable bonds is 1. The van der Waals surface area contributed by atoms with Crippen LogP contribution in [0.3, 0.4) is 0 Å². The third-order valence-corrected chi connectivity index (χ3v) is 5.01. The van der Waals surface area contributed by atoms with E-state index in [-0.39, 0.29) is 18.4 Å². The molecule has 2 aliphatic rings. The van der Waals surface area contributed by atoms with E-state index in [4.69, 9.17) is 0 Å². The number of hydrogen-bond acceptors (Lipinski definition) is 2. The maximum atomic E-state index is 12.7. The van der Waals surface area contributed by atoms with E-state index in [1.54, 1.807) is 4.90 Å². The van der Waals surface area contributed by atoms with E-state index in [1.165, 1.54) is 23.1 Å². The third kappa shape index (κ3) is 2.50. The lowest BCUT2D eigenvalue weighted by molar-refractivity contribution is -0.123. The Bertz CT molecular complexity index is 793. The highest BCUT2D eigenvalue weighted by Crippen LogP contribution is 2.32. The number of amides is 2. The number of carbonyl (C=O) groups is 2. The number of aromatic amines is 1. The van der Waals surface area contributed by atoms with Crippen LogP contribution in [0.1, 0.15) is 35.0 Å². The lowest BCUT2D eigenvalue weighted by Crippen LogP contribution is -2.49. The van der Waals surface area contributed by atoms with Crippen molar-refractivity contribution in [3.8, 4) is 0 Å². The van der Waals surface area contributed by atoms with Crippen LogP contribution in [0.5, 0.6) is 0 Å². The van der Waals surface area contributed by atoms with E-state index in [1.807, 2.05) is 18.2 Å². The van der Waals surface area contributed by atoms with Gasteiger partial charge in [0.15, 0.2) is 0 Å². The molecule has 1 aromatic carbocycles. The van der Waals surface area contributed by atoms with E-state index < -0.39 is 0 Å². The fourth-order valence-electron chi connectivity index (χ4n) is 3.72. The standard InChI is InChI=1S/C18H21N3O2/c1-11-2-4-15-13(8-11)14-9-12(3-5-16(14)20-15)18(23)21-7-6-19-17(22)10-21/h3,5,9,11,20H,2,4,6-8,10H2,1H3,(H,19,22)/t11-/m0/s1. The first kappa shape index (κ1) is 14.3. The summed E-state index contributed by atoms with van der Waals surface area (Å²) in [5.41, 5.74) is 4.47. The summed E-state index contributed by atoms with van der Waals surface area (Å²) in [5, 5.41) is 3.92. The zero-order chi connectivity index (χ0) is 16.0. The molecule has 0 bridgehead atoms. The highest BCUT2D eigenvalue weighted by molar-refractivity contribution is 6.00. The molecule has 2 aromatic rings. The number of nitrogens with zero attached hydrogens (tertiary/aromatic N) is 1. The van der Waals surface area contributed by atoms with Crippen molar-refractivity contribution in [1.29, 1.82) is 0 Å². The summed E-state index contributed by atoms with van der Waals surface area (Å²) in [7, 11) is 0. The summed E-state index contributed by atoms with van der Waals surface area (Å²) in [6, 6.07) is 5.86. The van der Waals surface area contributed by atoms with Gasteiger partial charge in [-0.2, -0.15) is 0 Å². The molecule has 1 aliphatic heterocycles. The van der Waals surface area contributed by atoms with E-state index in [2.05, 4.69) is 17.2 Å². The lowest BCUT2D eigenvalue weighted by Gasteiger charge is -2.26. The number of benzene rings is 1. The molecule has 2 heterocycles. The molecule has 4 rings (SSSR count). The Labute approximate surface area is 135 Å². The molecule has 1 aromatic heterocycles. The molecule has 0 saturated carbocycles. The molecule has 5 heteroatoms. The van der Waals surface area contributed by atoms with Gasteiger partial charge in [0.2, 0.25) is 5.91 Å². The molecule has 120 valence electrons. The summed E-state index contributed by atoms with van der Waals surface area (Å²) < 4.78 is 0. The molecule has 1 fully saturated rings. The second-order valence-corrected chi connectivity index (χ2v) is 6.77. The van der Waals surface area contributed by atoms with Crippen molar-refractivity contribution in [2.24, 2.45) is 5.92 Å². The summed E-state index contributed by atoms with van der Waals surface area (Å²) in [6.07, 6.45) is 3.37. The SMILES string of the molecule is C[C@H]1CCc2[nH]c3ccc(C(=O)N4CCNC(=O)C4)cc3c2C1. The fourth-order valence-corrected chi connectivity index (χ4v) is 3.72. The minimum absolute atomic E-state index is 0.0550. The van der Waals surface area contributed by atoms with Crippen molar-refractivity contribution in [2.75, 3.05) is 19.6 Å². The number of aryl methyl sites for hydroxylation is 1. The van der Waals surface area contributed by atoms with Crippen LogP contribution < -0.4 is 5.32 Å². The number of fused-ring (bicyclic) bond motifs is 3. The van der Waals surface area contributed by atoms with Crippen LogP contribution in [0.4, 0.5) is 0 Å². The molecule has 0 spiro atoms. The van der Waals surface area contributed by atoms with Crippen LogP contribution in [0.25, 0.3) is 10.9 Å². The largest absolute Gasteiger partial charge is 0.358 e. The third-order valence-electron chi connectivity index (χ3n) is 5.01. The van der Waals surface area contributed by atoms with Gasteiger partial charge in [-0.25, -0.2) is 0 Å². The Hall–Kier alpha value is -2.30. The van der Waals surface area contributed by atoms with Gasteiger partial charge in [0, 0.05) is 35.2 Å². The van der Waals surface area contributed by atoms with E-state index in [0.717, 1.165) is 18.4 Å². The number of carbonyl (C=O) groups excluding carboxylic acids is 2. The Morgan fingerprint density at radius 3 is 3.04 bits per heavy atom. The van der Waals surface area contributed by atoms with Crippen molar-refractivity contribution in [3.63, 3.8) is 0 Å². The fraction of sp³-hybridized carbons (Fsp3) is 0.444. The first-order chi connectivity index (χ1) is 11.1. The van der Waals surface area contributed by atoms with Gasteiger partial charge in [-0.1, -0.05) is 6.92 Å². The zero-order valence-electron chi connectivity index (χ0n) is 13.3. The lowest BCUT2D eigenvalue weighted by atomic mass is 9.87. The second kappa shape index (κ2) is 5.41. The normalized spacial score (nSPS) is 21.2. The van der Waals surface area contributed by atoms with Crippen molar-refractivity contribution < 1.29 is 9.59 Å². The maximum Gasteiger partial charge on any atom is 0.254 e. The summed E-state index contributed by atoms with van der Waals surface area (Å²) in [4.78, 5) is 29.3. The Morgan fingerprint density at radius 1 is 1.35 bits per heavy atom. The minimum atomic E-state index is -0.0847. The highest BCUT2D eigenvalue weighted by atomic mass is 16.2. The molecule has 2 N–H and O–H groups in total. The predicted octanol–water partition coefficient (Wildman–Crippen LogP) is 1.86. The highest BCUT2D eigenvalue weighted by Gasteiger charge is 2.24. The number of H-pyrrole nitrogens is 1. The molecular weight excluding hydrogens is 290 g/mol. The summed E-state index contributed by atoms with van der Waals surface area (Å²) in [5.74, 6) is 0.547. The molecular formula is C18H21N3O2. The average Bonchev–Trinajstić information content (AvgIpc) is 2.91. The Balaban J connectivity index is 1.69. The summed E-state index contributed by atoms with van der Waals surface area (Å²) in [6.45, 7) is 3.54. The van der Waals surface area contributed by atoms with Gasteiger partial charge in [-0.05, 0) is 48.9 Å². The van der Waals surface area contributed by atoms with Gasteiger partial charge in [0.1, 0.15) is 0 Å². The quantitative estimate of drug-likeness (QED) is 0.844. The molecule has 5 nitrogen and oxygen atoms in total. The maximum absolute atomic E-state index is 12.7. The van der Waals surface area contributed by atoms with E-state index in [0.29, 0.717) is 24.6 Å². The molecule has 0 unspecified atom stereocenters. The molecule has 0 radical (unpaired) electrons. The first-order valence-corrected chi connectivity index (χ1v) is 8.31. The zero-order valence-corrected chi connectivity index (χ0v) is 13.3. The molecule has 1 saturated heterocycles. The molecule has 1 atom stereocenters. The van der Waals surface area contributed by atoms with Gasteiger partial charge >= 0.3 is 0 Å². The van der Waals surface area contributed by atoms with Crippen molar-refractivity contribution in [2.45, 2.75) is 26.2 Å². The smallest absolute Gasteiger partial charge is 0.254 e. The monoisotopic (exact) mass is 311 g/mol. The molecule has 1 aliphatic carbocycles. The molecule has 23 heavy (non-hydrogen) atoms. The van der Waals surface area contributed by atoms with E-state index in [9.17, 15) is 9.59 Å². The van der Waals surface area contributed by atoms with Crippen LogP contribution in [0, 0.1) is 5.92 Å². The van der Waals surface area contributed by atoms with E-state index >= 15 is 0 Å².